The quantitative estimate of drug-likeness (QED) is 0.418. The lowest BCUT2D eigenvalue weighted by atomic mass is 9.85. The van der Waals surface area contributed by atoms with Gasteiger partial charge in [0.15, 0.2) is 5.76 Å². The summed E-state index contributed by atoms with van der Waals surface area (Å²) in [7, 11) is 0. The zero-order valence-electron chi connectivity index (χ0n) is 20.2. The van der Waals surface area contributed by atoms with E-state index in [1.165, 1.54) is 0 Å². The van der Waals surface area contributed by atoms with Crippen molar-refractivity contribution in [2.75, 3.05) is 18.1 Å². The van der Waals surface area contributed by atoms with Crippen LogP contribution in [0.3, 0.4) is 0 Å². The Hall–Kier alpha value is -3.91. The summed E-state index contributed by atoms with van der Waals surface area (Å²) in [6.45, 7) is 8.17. The van der Waals surface area contributed by atoms with Gasteiger partial charge in [0.2, 0.25) is 0 Å². The third kappa shape index (κ3) is 4.00. The molecular weight excluding hydrogens is 444 g/mol. The van der Waals surface area contributed by atoms with Crippen LogP contribution in [0.4, 0.5) is 5.69 Å². The van der Waals surface area contributed by atoms with Gasteiger partial charge < -0.3 is 14.4 Å². The number of aromatic amines is 1. The predicted octanol–water partition coefficient (Wildman–Crippen LogP) is 4.79. The van der Waals surface area contributed by atoms with Gasteiger partial charge in [-0.2, -0.15) is 5.10 Å². The van der Waals surface area contributed by atoms with E-state index in [1.807, 2.05) is 61.5 Å². The lowest BCUT2D eigenvalue weighted by molar-refractivity contribution is 0.0988. The summed E-state index contributed by atoms with van der Waals surface area (Å²) in [6, 6.07) is 16.7. The van der Waals surface area contributed by atoms with E-state index in [4.69, 9.17) is 9.26 Å². The Balaban J connectivity index is 1.64. The number of aryl methyl sites for hydroxylation is 1. The second-order valence-corrected chi connectivity index (χ2v) is 9.68. The van der Waals surface area contributed by atoms with Gasteiger partial charge in [0.05, 0.1) is 24.0 Å². The molecule has 0 saturated heterocycles. The molecule has 1 atom stereocenters. The molecule has 1 aliphatic rings. The van der Waals surface area contributed by atoms with Crippen LogP contribution in [0.5, 0.6) is 5.75 Å². The normalized spacial score (nSPS) is 15.5. The van der Waals surface area contributed by atoms with Crippen LogP contribution in [0.2, 0.25) is 0 Å². The smallest absolute Gasteiger partial charge is 0.277 e. The molecule has 0 bridgehead atoms. The molecule has 8 nitrogen and oxygen atoms in total. The van der Waals surface area contributed by atoms with Gasteiger partial charge in [-0.05, 0) is 37.3 Å². The van der Waals surface area contributed by atoms with E-state index in [0.29, 0.717) is 17.2 Å². The topological polar surface area (TPSA) is 104 Å². The first-order chi connectivity index (χ1) is 16.8. The number of para-hydroxylation sites is 1. The van der Waals surface area contributed by atoms with Crippen molar-refractivity contribution in [1.82, 2.24) is 15.4 Å². The summed E-state index contributed by atoms with van der Waals surface area (Å²) >= 11 is 0. The highest BCUT2D eigenvalue weighted by atomic mass is 16.5. The number of carbonyl (C=O) groups is 1. The van der Waals surface area contributed by atoms with E-state index < -0.39 is 6.04 Å². The van der Waals surface area contributed by atoms with Gasteiger partial charge >= 0.3 is 0 Å². The maximum atomic E-state index is 13.8. The number of H-pyrrole nitrogens is 1. The van der Waals surface area contributed by atoms with Crippen molar-refractivity contribution in [3.05, 3.63) is 82.8 Å². The Labute approximate surface area is 203 Å². The Morgan fingerprint density at radius 3 is 2.54 bits per heavy atom. The largest absolute Gasteiger partial charge is 0.491 e. The number of hydrogen-bond acceptors (Lipinski definition) is 6. The van der Waals surface area contributed by atoms with E-state index in [9.17, 15) is 9.90 Å². The predicted molar refractivity (Wildman–Crippen MR) is 132 cm³/mol. The Morgan fingerprint density at radius 2 is 1.89 bits per heavy atom. The first kappa shape index (κ1) is 22.9. The number of rotatable bonds is 6. The Bertz CT molecular complexity index is 1360. The molecule has 0 aliphatic carbocycles. The van der Waals surface area contributed by atoms with Crippen LogP contribution in [0.25, 0.3) is 11.3 Å². The molecule has 0 fully saturated rings. The lowest BCUT2D eigenvalue weighted by Gasteiger charge is -2.29. The zero-order chi connectivity index (χ0) is 24.7. The summed E-state index contributed by atoms with van der Waals surface area (Å²) < 4.78 is 11.3. The Kier molecular flexibility index (Phi) is 5.68. The molecule has 2 N–H and O–H groups in total. The second-order valence-electron chi connectivity index (χ2n) is 9.68. The number of aliphatic hydroxyl groups is 1. The molecule has 3 heterocycles. The fraction of sp³-hybridized carbons (Fsp3) is 0.296. The number of amides is 1. The average Bonchev–Trinajstić information content (AvgIpc) is 3.53. The van der Waals surface area contributed by atoms with Crippen LogP contribution in [0.1, 0.15) is 59.8 Å². The second kappa shape index (κ2) is 8.70. The number of benzene rings is 2. The van der Waals surface area contributed by atoms with Crippen molar-refractivity contribution >= 4 is 11.6 Å². The summed E-state index contributed by atoms with van der Waals surface area (Å²) in [6.07, 6.45) is 0. The molecule has 4 aromatic rings. The molecular formula is C27H28N4O4. The molecule has 0 saturated carbocycles. The van der Waals surface area contributed by atoms with Crippen molar-refractivity contribution in [3.63, 3.8) is 0 Å². The minimum absolute atomic E-state index is 0.103. The fourth-order valence-electron chi connectivity index (χ4n) is 4.56. The van der Waals surface area contributed by atoms with Gasteiger partial charge in [-0.3, -0.25) is 14.8 Å². The van der Waals surface area contributed by atoms with Crippen LogP contribution in [0.15, 0.2) is 59.1 Å². The fourth-order valence-corrected chi connectivity index (χ4v) is 4.56. The number of ether oxygens (including phenoxy) is 1. The highest BCUT2D eigenvalue weighted by Crippen LogP contribution is 2.47. The van der Waals surface area contributed by atoms with Gasteiger partial charge in [0.1, 0.15) is 18.1 Å². The number of hydrogen-bond donors (Lipinski definition) is 2. The van der Waals surface area contributed by atoms with Crippen LogP contribution in [-0.2, 0) is 5.41 Å². The average molecular weight is 473 g/mol. The highest BCUT2D eigenvalue weighted by Gasteiger charge is 2.45. The standard InChI is InChI=1S/C27H28N4O4/c1-16-15-21(35-30-16)17-9-11-18(12-10-17)31-24(19-7-5-6-8-20(19)34-14-13-32)22-23(26(31)33)28-29-25(22)27(2,3)4/h5-12,15,24,32H,13-14H2,1-4H3,(H,28,29). The van der Waals surface area contributed by atoms with Crippen molar-refractivity contribution in [2.24, 2.45) is 0 Å². The third-order valence-electron chi connectivity index (χ3n) is 6.10. The van der Waals surface area contributed by atoms with Crippen LogP contribution in [0, 0.1) is 6.92 Å². The molecule has 2 aromatic heterocycles. The van der Waals surface area contributed by atoms with Gasteiger partial charge in [-0.15, -0.1) is 0 Å². The monoisotopic (exact) mass is 472 g/mol. The van der Waals surface area contributed by atoms with Gasteiger partial charge in [0, 0.05) is 33.9 Å². The van der Waals surface area contributed by atoms with Crippen molar-refractivity contribution < 1.29 is 19.2 Å². The van der Waals surface area contributed by atoms with Crippen LogP contribution < -0.4 is 9.64 Å². The summed E-state index contributed by atoms with van der Waals surface area (Å²) in [5.41, 5.74) is 5.12. The number of aromatic nitrogens is 3. The van der Waals surface area contributed by atoms with Crippen LogP contribution >= 0.6 is 0 Å². The molecule has 1 unspecified atom stereocenters. The van der Waals surface area contributed by atoms with E-state index >= 15 is 0 Å². The minimum atomic E-state index is -0.446. The lowest BCUT2D eigenvalue weighted by Crippen LogP contribution is -2.30. The molecule has 0 spiro atoms. The molecule has 180 valence electrons. The van der Waals surface area contributed by atoms with Gasteiger partial charge in [-0.25, -0.2) is 0 Å². The summed E-state index contributed by atoms with van der Waals surface area (Å²) in [5, 5.41) is 20.8. The molecule has 0 radical (unpaired) electrons. The minimum Gasteiger partial charge on any atom is -0.491 e. The SMILES string of the molecule is Cc1cc(-c2ccc(N3C(=O)c4[nH]nc(C(C)(C)C)c4C3c3ccccc3OCCO)cc2)on1. The van der Waals surface area contributed by atoms with Crippen molar-refractivity contribution in [2.45, 2.75) is 39.2 Å². The highest BCUT2D eigenvalue weighted by molar-refractivity contribution is 6.11. The molecule has 5 rings (SSSR count). The first-order valence-electron chi connectivity index (χ1n) is 11.6. The zero-order valence-corrected chi connectivity index (χ0v) is 20.2. The molecule has 2 aromatic carbocycles. The first-order valence-corrected chi connectivity index (χ1v) is 11.6. The summed E-state index contributed by atoms with van der Waals surface area (Å²) in [4.78, 5) is 15.5. The molecule has 35 heavy (non-hydrogen) atoms. The van der Waals surface area contributed by atoms with E-state index in [0.717, 1.165) is 33.8 Å². The molecule has 8 heteroatoms. The van der Waals surface area contributed by atoms with E-state index in [2.05, 4.69) is 36.1 Å². The number of anilines is 1. The summed E-state index contributed by atoms with van der Waals surface area (Å²) in [5.74, 6) is 1.13. The van der Waals surface area contributed by atoms with Gasteiger partial charge in [0.25, 0.3) is 5.91 Å². The molecule has 1 aliphatic heterocycles. The van der Waals surface area contributed by atoms with E-state index in [1.54, 1.807) is 4.90 Å². The van der Waals surface area contributed by atoms with E-state index in [-0.39, 0.29) is 24.5 Å². The number of fused-ring (bicyclic) bond motifs is 1. The van der Waals surface area contributed by atoms with Crippen molar-refractivity contribution in [3.8, 4) is 17.1 Å². The maximum Gasteiger partial charge on any atom is 0.277 e. The third-order valence-corrected chi connectivity index (χ3v) is 6.10. The van der Waals surface area contributed by atoms with Gasteiger partial charge in [-0.1, -0.05) is 44.1 Å². The Morgan fingerprint density at radius 1 is 1.14 bits per heavy atom. The number of carbonyl (C=O) groups excluding carboxylic acids is 1. The maximum absolute atomic E-state index is 13.8. The van der Waals surface area contributed by atoms with Crippen LogP contribution in [-0.4, -0.2) is 39.6 Å². The number of nitrogens with one attached hydrogen (secondary N) is 1. The van der Waals surface area contributed by atoms with Crippen molar-refractivity contribution in [1.29, 1.82) is 0 Å². The number of aliphatic hydroxyl groups excluding tert-OH is 1. The molecule has 1 amide bonds. The number of nitrogens with zero attached hydrogens (tertiary/aromatic N) is 3.